The molecule has 1 amide bonds. The molecule has 1 aliphatic heterocycles. The zero-order valence-corrected chi connectivity index (χ0v) is 19.1. The second-order valence-electron chi connectivity index (χ2n) is 7.62. The lowest BCUT2D eigenvalue weighted by Gasteiger charge is -2.31. The number of benzene rings is 2. The molecule has 1 aliphatic rings. The molecule has 5 nitrogen and oxygen atoms in total. The van der Waals surface area contributed by atoms with Crippen molar-refractivity contribution in [3.8, 4) is 10.9 Å². The minimum Gasteiger partial charge on any atom is -0.497 e. The van der Waals surface area contributed by atoms with E-state index in [0.29, 0.717) is 23.5 Å². The van der Waals surface area contributed by atoms with E-state index in [4.69, 9.17) is 9.47 Å². The van der Waals surface area contributed by atoms with E-state index in [1.165, 1.54) is 11.3 Å². The van der Waals surface area contributed by atoms with Gasteiger partial charge in [-0.3, -0.25) is 4.79 Å². The van der Waals surface area contributed by atoms with Crippen molar-refractivity contribution in [2.24, 2.45) is 0 Å². The van der Waals surface area contributed by atoms with Crippen molar-refractivity contribution in [3.63, 3.8) is 0 Å². The van der Waals surface area contributed by atoms with Gasteiger partial charge in [0.05, 0.1) is 17.3 Å². The highest BCUT2D eigenvalue weighted by Crippen LogP contribution is 2.32. The van der Waals surface area contributed by atoms with Crippen LogP contribution in [0.15, 0.2) is 47.4 Å². The number of aromatic nitrogens is 1. The number of hydrogen-bond acceptors (Lipinski definition) is 6. The first-order valence-corrected chi connectivity index (χ1v) is 11.9. The van der Waals surface area contributed by atoms with Gasteiger partial charge >= 0.3 is 0 Å². The number of carbonyl (C=O) groups excluding carboxylic acids is 1. The van der Waals surface area contributed by atoms with Crippen LogP contribution in [-0.2, 0) is 0 Å². The fourth-order valence-corrected chi connectivity index (χ4v) is 5.34. The lowest BCUT2D eigenvalue weighted by Crippen LogP contribution is -2.41. The van der Waals surface area contributed by atoms with Gasteiger partial charge in [0.2, 0.25) is 0 Å². The number of thioether (sulfide) groups is 1. The Bertz CT molecular complexity index is 1030. The number of hydrogen-bond donors (Lipinski definition) is 0. The summed E-state index contributed by atoms with van der Waals surface area (Å²) in [5.41, 5.74) is 1.68. The molecule has 1 saturated heterocycles. The van der Waals surface area contributed by atoms with E-state index in [1.54, 1.807) is 18.9 Å². The van der Waals surface area contributed by atoms with E-state index in [9.17, 15) is 4.79 Å². The van der Waals surface area contributed by atoms with Crippen LogP contribution in [0, 0.1) is 0 Å². The molecule has 0 radical (unpaired) electrons. The van der Waals surface area contributed by atoms with E-state index in [2.05, 4.69) is 24.9 Å². The van der Waals surface area contributed by atoms with Crippen LogP contribution in [0.5, 0.6) is 10.9 Å². The van der Waals surface area contributed by atoms with Crippen LogP contribution in [0.2, 0.25) is 0 Å². The molecule has 0 aliphatic carbocycles. The molecule has 0 bridgehead atoms. The highest BCUT2D eigenvalue weighted by molar-refractivity contribution is 7.99. The molecule has 7 heteroatoms. The van der Waals surface area contributed by atoms with Gasteiger partial charge in [0.15, 0.2) is 0 Å². The van der Waals surface area contributed by atoms with Crippen molar-refractivity contribution >= 4 is 39.2 Å². The number of thiazole rings is 1. The number of nitrogens with zero attached hydrogens (tertiary/aromatic N) is 2. The van der Waals surface area contributed by atoms with Gasteiger partial charge in [0.25, 0.3) is 11.1 Å². The molecular weight excluding hydrogens is 416 g/mol. The number of piperidine rings is 1. The molecule has 0 saturated carbocycles. The Morgan fingerprint density at radius 1 is 1.20 bits per heavy atom. The van der Waals surface area contributed by atoms with Gasteiger partial charge in [-0.05, 0) is 36.4 Å². The molecule has 4 rings (SSSR count). The largest absolute Gasteiger partial charge is 0.497 e. The normalized spacial score (nSPS) is 15.0. The van der Waals surface area contributed by atoms with Gasteiger partial charge in [0.1, 0.15) is 11.9 Å². The molecule has 0 atom stereocenters. The minimum absolute atomic E-state index is 0.0827. The first kappa shape index (κ1) is 21.0. The highest BCUT2D eigenvalue weighted by atomic mass is 32.2. The maximum absolute atomic E-state index is 12.9. The summed E-state index contributed by atoms with van der Waals surface area (Å²) < 4.78 is 12.5. The van der Waals surface area contributed by atoms with Crippen LogP contribution < -0.4 is 9.47 Å². The molecule has 0 spiro atoms. The summed E-state index contributed by atoms with van der Waals surface area (Å²) in [6.07, 6.45) is 1.70. The van der Waals surface area contributed by atoms with Crippen molar-refractivity contribution in [1.82, 2.24) is 9.88 Å². The van der Waals surface area contributed by atoms with Crippen LogP contribution >= 0.6 is 23.1 Å². The Morgan fingerprint density at radius 2 is 2.00 bits per heavy atom. The van der Waals surface area contributed by atoms with Gasteiger partial charge in [0, 0.05) is 41.6 Å². The van der Waals surface area contributed by atoms with Crippen molar-refractivity contribution in [2.75, 3.05) is 20.2 Å². The summed E-state index contributed by atoms with van der Waals surface area (Å²) in [7, 11) is 1.66. The molecular formula is C23H26N2O3S2. The van der Waals surface area contributed by atoms with E-state index in [1.807, 2.05) is 41.3 Å². The summed E-state index contributed by atoms with van der Waals surface area (Å²) in [4.78, 5) is 20.6. The summed E-state index contributed by atoms with van der Waals surface area (Å²) in [5, 5.41) is 1.17. The molecule has 1 fully saturated rings. The summed E-state index contributed by atoms with van der Waals surface area (Å²) in [6, 6.07) is 13.8. The maximum atomic E-state index is 12.9. The monoisotopic (exact) mass is 442 g/mol. The Balaban J connectivity index is 1.35. The van der Waals surface area contributed by atoms with Gasteiger partial charge in [-0.2, -0.15) is 0 Å². The maximum Gasteiger partial charge on any atom is 0.274 e. The number of fused-ring (bicyclic) bond motifs is 1. The zero-order valence-electron chi connectivity index (χ0n) is 17.5. The van der Waals surface area contributed by atoms with E-state index >= 15 is 0 Å². The van der Waals surface area contributed by atoms with Crippen molar-refractivity contribution in [2.45, 2.75) is 42.9 Å². The smallest absolute Gasteiger partial charge is 0.274 e. The number of ether oxygens (including phenoxy) is 2. The van der Waals surface area contributed by atoms with Crippen LogP contribution in [0.1, 0.15) is 37.0 Å². The van der Waals surface area contributed by atoms with Crippen molar-refractivity contribution in [1.29, 1.82) is 0 Å². The van der Waals surface area contributed by atoms with E-state index in [0.717, 1.165) is 39.3 Å². The standard InChI is InChI=1S/C23H26N2O3S2/c1-15(2)29-19-6-4-5-16(13-19)22(26)25-11-9-17(10-12-25)28-23-24-20-8-7-18(27-3)14-21(20)30-23/h4-8,13-15,17H,9-12H2,1-3H3. The zero-order chi connectivity index (χ0) is 21.1. The number of carbonyl (C=O) groups is 1. The third-order valence-corrected chi connectivity index (χ3v) is 6.93. The topological polar surface area (TPSA) is 51.7 Å². The average Bonchev–Trinajstić information content (AvgIpc) is 3.14. The molecule has 30 heavy (non-hydrogen) atoms. The lowest BCUT2D eigenvalue weighted by atomic mass is 10.1. The SMILES string of the molecule is COc1ccc2nc(OC3CCN(C(=O)c4cccc(SC(C)C)c4)CC3)sc2c1. The fraction of sp³-hybridized carbons (Fsp3) is 0.391. The molecule has 0 N–H and O–H groups in total. The first-order valence-electron chi connectivity index (χ1n) is 10.2. The molecule has 2 heterocycles. The number of likely N-dealkylation sites (tertiary alicyclic amines) is 1. The van der Waals surface area contributed by atoms with E-state index in [-0.39, 0.29) is 12.0 Å². The number of amides is 1. The second kappa shape index (κ2) is 9.27. The second-order valence-corrected chi connectivity index (χ2v) is 10.3. The highest BCUT2D eigenvalue weighted by Gasteiger charge is 2.25. The van der Waals surface area contributed by atoms with Gasteiger partial charge in [-0.1, -0.05) is 31.3 Å². The molecule has 158 valence electrons. The molecule has 1 aromatic heterocycles. The predicted molar refractivity (Wildman–Crippen MR) is 123 cm³/mol. The Labute approximate surface area is 185 Å². The van der Waals surface area contributed by atoms with Gasteiger partial charge in [-0.15, -0.1) is 11.8 Å². The van der Waals surface area contributed by atoms with E-state index < -0.39 is 0 Å². The third kappa shape index (κ3) is 4.90. The summed E-state index contributed by atoms with van der Waals surface area (Å²) >= 11 is 3.31. The average molecular weight is 443 g/mol. The number of rotatable bonds is 6. The molecule has 0 unspecified atom stereocenters. The molecule has 3 aromatic rings. The third-order valence-electron chi connectivity index (χ3n) is 5.03. The summed E-state index contributed by atoms with van der Waals surface area (Å²) in [6.45, 7) is 5.71. The Kier molecular flexibility index (Phi) is 6.49. The van der Waals surface area contributed by atoms with Gasteiger partial charge in [-0.25, -0.2) is 4.98 Å². The van der Waals surface area contributed by atoms with Crippen LogP contribution in [-0.4, -0.2) is 47.3 Å². The van der Waals surface area contributed by atoms with Crippen LogP contribution in [0.4, 0.5) is 0 Å². The fourth-order valence-electron chi connectivity index (χ4n) is 3.54. The van der Waals surface area contributed by atoms with Crippen molar-refractivity contribution < 1.29 is 14.3 Å². The lowest BCUT2D eigenvalue weighted by molar-refractivity contribution is 0.0595. The predicted octanol–water partition coefficient (Wildman–Crippen LogP) is 5.49. The van der Waals surface area contributed by atoms with Crippen LogP contribution in [0.3, 0.4) is 0 Å². The minimum atomic E-state index is 0.0827. The van der Waals surface area contributed by atoms with Gasteiger partial charge < -0.3 is 14.4 Å². The van der Waals surface area contributed by atoms with Crippen molar-refractivity contribution in [3.05, 3.63) is 48.0 Å². The molecule has 2 aromatic carbocycles. The first-order chi connectivity index (χ1) is 14.5. The Morgan fingerprint density at radius 3 is 2.73 bits per heavy atom. The quantitative estimate of drug-likeness (QED) is 0.473. The number of methoxy groups -OCH3 is 1. The summed E-state index contributed by atoms with van der Waals surface area (Å²) in [5.74, 6) is 0.923. The Hall–Kier alpha value is -2.25. The van der Waals surface area contributed by atoms with Crippen LogP contribution in [0.25, 0.3) is 10.2 Å².